The van der Waals surface area contributed by atoms with Crippen LogP contribution in [-0.2, 0) is 0 Å². The average molecular weight is 503 g/mol. The van der Waals surface area contributed by atoms with Crippen molar-refractivity contribution in [2.24, 2.45) is 5.92 Å². The molecule has 0 amide bonds. The van der Waals surface area contributed by atoms with Crippen LogP contribution in [0.5, 0.6) is 0 Å². The normalized spacial score (nSPS) is 20.4. The molecule has 3 aliphatic rings. The van der Waals surface area contributed by atoms with Gasteiger partial charge in [0.25, 0.3) is 0 Å². The fraction of sp³-hybridized carbons (Fsp3) is 0.552. The van der Waals surface area contributed by atoms with Gasteiger partial charge >= 0.3 is 5.97 Å². The molecule has 2 aromatic heterocycles. The van der Waals surface area contributed by atoms with E-state index in [1.54, 1.807) is 6.07 Å². The number of benzene rings is 1. The van der Waals surface area contributed by atoms with Crippen LogP contribution < -0.4 is 4.90 Å². The Bertz CT molecular complexity index is 1240. The lowest BCUT2D eigenvalue weighted by molar-refractivity contribution is 0.0691. The van der Waals surface area contributed by atoms with Gasteiger partial charge in [0.05, 0.1) is 22.5 Å². The third-order valence-corrected chi connectivity index (χ3v) is 8.76. The van der Waals surface area contributed by atoms with Crippen LogP contribution in [0.2, 0.25) is 0 Å². The van der Waals surface area contributed by atoms with E-state index < -0.39 is 5.97 Å². The molecule has 1 saturated carbocycles. The number of nitrogens with zero attached hydrogens (tertiary/aromatic N) is 6. The summed E-state index contributed by atoms with van der Waals surface area (Å²) in [6.07, 6.45) is 7.03. The van der Waals surface area contributed by atoms with Crippen LogP contribution in [0.25, 0.3) is 16.7 Å². The summed E-state index contributed by atoms with van der Waals surface area (Å²) in [5.41, 5.74) is 3.77. The summed E-state index contributed by atoms with van der Waals surface area (Å²) in [5, 5.41) is 16.1. The van der Waals surface area contributed by atoms with Gasteiger partial charge in [-0.1, -0.05) is 24.6 Å². The number of likely N-dealkylation sites (N-methyl/N-ethyl adjacent to an activating group) is 1. The van der Waals surface area contributed by atoms with Crippen molar-refractivity contribution in [2.75, 3.05) is 57.8 Å². The number of piperidine rings is 1. The minimum absolute atomic E-state index is 0.0944. The Morgan fingerprint density at radius 3 is 2.38 bits per heavy atom. The highest BCUT2D eigenvalue weighted by atomic mass is 16.4. The Morgan fingerprint density at radius 1 is 1.00 bits per heavy atom. The number of carboxylic acids is 1. The summed E-state index contributed by atoms with van der Waals surface area (Å²) in [5.74, 6) is 0.159. The lowest BCUT2D eigenvalue weighted by Gasteiger charge is -2.37. The van der Waals surface area contributed by atoms with Crippen LogP contribution in [0.3, 0.4) is 0 Å². The Balaban J connectivity index is 1.28. The smallest absolute Gasteiger partial charge is 0.354 e. The van der Waals surface area contributed by atoms with E-state index in [1.807, 2.05) is 35.0 Å². The molecule has 4 heterocycles. The van der Waals surface area contributed by atoms with E-state index in [9.17, 15) is 9.90 Å². The molecule has 2 saturated heterocycles. The van der Waals surface area contributed by atoms with Gasteiger partial charge < -0.3 is 19.8 Å². The second kappa shape index (κ2) is 10.4. The lowest BCUT2D eigenvalue weighted by atomic mass is 9.81. The van der Waals surface area contributed by atoms with Crippen molar-refractivity contribution >= 4 is 22.7 Å². The second-order valence-electron chi connectivity index (χ2n) is 11.2. The molecular weight excluding hydrogens is 464 g/mol. The number of rotatable bonds is 7. The number of aromatic carboxylic acids is 1. The number of hydrogen-bond acceptors (Lipinski definition) is 6. The monoisotopic (exact) mass is 502 g/mol. The number of pyridine rings is 1. The number of piperazine rings is 1. The Kier molecular flexibility index (Phi) is 6.86. The Labute approximate surface area is 218 Å². The number of anilines is 1. The Morgan fingerprint density at radius 2 is 1.73 bits per heavy atom. The summed E-state index contributed by atoms with van der Waals surface area (Å²) in [6, 6.07) is 11.8. The molecule has 0 radical (unpaired) electrons. The fourth-order valence-corrected chi connectivity index (χ4v) is 6.10. The van der Waals surface area contributed by atoms with Crippen LogP contribution in [0.15, 0.2) is 36.4 Å². The highest BCUT2D eigenvalue weighted by molar-refractivity contribution is 5.98. The van der Waals surface area contributed by atoms with E-state index in [2.05, 4.69) is 26.7 Å². The maximum atomic E-state index is 12.1. The van der Waals surface area contributed by atoms with Gasteiger partial charge in [-0.2, -0.15) is 5.10 Å². The highest BCUT2D eigenvalue weighted by Crippen LogP contribution is 2.43. The molecule has 0 atom stereocenters. The minimum atomic E-state index is -0.990. The molecule has 3 aromatic rings. The van der Waals surface area contributed by atoms with Gasteiger partial charge in [-0.05, 0) is 69.8 Å². The van der Waals surface area contributed by atoms with Gasteiger partial charge in [0.1, 0.15) is 0 Å². The van der Waals surface area contributed by atoms with Crippen molar-refractivity contribution < 1.29 is 9.90 Å². The molecule has 3 fully saturated rings. The molecule has 0 unspecified atom stereocenters. The molecule has 0 bridgehead atoms. The van der Waals surface area contributed by atoms with Crippen molar-refractivity contribution in [2.45, 2.75) is 44.4 Å². The van der Waals surface area contributed by atoms with E-state index in [0.717, 1.165) is 67.1 Å². The second-order valence-corrected chi connectivity index (χ2v) is 11.2. The molecule has 2 aliphatic heterocycles. The predicted molar refractivity (Wildman–Crippen MR) is 146 cm³/mol. The summed E-state index contributed by atoms with van der Waals surface area (Å²) in [4.78, 5) is 24.2. The minimum Gasteiger partial charge on any atom is -0.477 e. The highest BCUT2D eigenvalue weighted by Gasteiger charge is 2.31. The topological polar surface area (TPSA) is 77.7 Å². The molecule has 0 spiro atoms. The maximum absolute atomic E-state index is 12.1. The average Bonchev–Trinajstić information content (AvgIpc) is 3.27. The molecule has 1 aliphatic carbocycles. The predicted octanol–water partition coefficient (Wildman–Crippen LogP) is 4.24. The first-order valence-corrected chi connectivity index (χ1v) is 13.9. The van der Waals surface area contributed by atoms with Crippen molar-refractivity contribution in [3.05, 3.63) is 47.8 Å². The first-order valence-electron chi connectivity index (χ1n) is 13.9. The number of aromatic nitrogens is 3. The summed E-state index contributed by atoms with van der Waals surface area (Å²) < 4.78 is 1.86. The van der Waals surface area contributed by atoms with E-state index >= 15 is 0 Å². The van der Waals surface area contributed by atoms with Crippen molar-refractivity contribution in [3.8, 4) is 5.69 Å². The number of fused-ring (bicyclic) bond motifs is 1. The largest absolute Gasteiger partial charge is 0.477 e. The van der Waals surface area contributed by atoms with Gasteiger partial charge in [0.15, 0.2) is 11.3 Å². The molecule has 196 valence electrons. The van der Waals surface area contributed by atoms with Crippen LogP contribution in [0.1, 0.15) is 60.6 Å². The zero-order chi connectivity index (χ0) is 25.4. The van der Waals surface area contributed by atoms with Gasteiger partial charge in [0.2, 0.25) is 0 Å². The maximum Gasteiger partial charge on any atom is 0.354 e. The number of carboxylic acid groups (broad SMARTS) is 1. The van der Waals surface area contributed by atoms with Crippen LogP contribution in [0, 0.1) is 5.92 Å². The summed E-state index contributed by atoms with van der Waals surface area (Å²) in [6.45, 7) is 7.79. The molecule has 6 rings (SSSR count). The molecule has 1 aromatic carbocycles. The third kappa shape index (κ3) is 4.97. The lowest BCUT2D eigenvalue weighted by Crippen LogP contribution is -2.45. The molecule has 8 nitrogen and oxygen atoms in total. The van der Waals surface area contributed by atoms with Gasteiger partial charge in [-0.3, -0.25) is 0 Å². The molecular formula is C29H38N6O2. The molecule has 1 N–H and O–H groups in total. The van der Waals surface area contributed by atoms with Crippen LogP contribution in [0.4, 0.5) is 5.69 Å². The summed E-state index contributed by atoms with van der Waals surface area (Å²) in [7, 11) is 2.21. The van der Waals surface area contributed by atoms with E-state index in [0.29, 0.717) is 11.6 Å². The summed E-state index contributed by atoms with van der Waals surface area (Å²) >= 11 is 0. The SMILES string of the molecule is CN1CCN(CCC2CCN(c3cc(C(=O)O)nc4c3c(C3CCC3)nn4-c3ccccc3)CC2)CC1. The van der Waals surface area contributed by atoms with Crippen molar-refractivity contribution in [1.82, 2.24) is 24.6 Å². The van der Waals surface area contributed by atoms with Crippen LogP contribution >= 0.6 is 0 Å². The third-order valence-electron chi connectivity index (χ3n) is 8.76. The standard InChI is InChI=1S/C29H38N6O2/c1-32-16-18-33(19-17-32)13-10-21-11-14-34(15-12-21)25-20-24(29(36)37)30-28-26(25)27(22-6-5-7-22)31-35(28)23-8-3-2-4-9-23/h2-4,8-9,20-22H,5-7,10-19H2,1H3,(H,36,37). The van der Waals surface area contributed by atoms with Crippen molar-refractivity contribution in [1.29, 1.82) is 0 Å². The quantitative estimate of drug-likeness (QED) is 0.518. The molecule has 8 heteroatoms. The number of carbonyl (C=O) groups is 1. The van der Waals surface area contributed by atoms with E-state index in [1.165, 1.54) is 45.6 Å². The van der Waals surface area contributed by atoms with Gasteiger partial charge in [-0.25, -0.2) is 14.5 Å². The van der Waals surface area contributed by atoms with Crippen molar-refractivity contribution in [3.63, 3.8) is 0 Å². The van der Waals surface area contributed by atoms with Gasteiger partial charge in [-0.15, -0.1) is 0 Å². The zero-order valence-electron chi connectivity index (χ0n) is 21.8. The number of para-hydroxylation sites is 1. The van der Waals surface area contributed by atoms with Gasteiger partial charge in [0, 0.05) is 45.2 Å². The van der Waals surface area contributed by atoms with E-state index in [4.69, 9.17) is 5.10 Å². The fourth-order valence-electron chi connectivity index (χ4n) is 6.10. The van der Waals surface area contributed by atoms with E-state index in [-0.39, 0.29) is 5.69 Å². The Hall–Kier alpha value is -2.97. The first kappa shape index (κ1) is 24.4. The molecule has 37 heavy (non-hydrogen) atoms. The van der Waals surface area contributed by atoms with Crippen LogP contribution in [-0.4, -0.2) is 88.5 Å². The first-order chi connectivity index (χ1) is 18.1. The number of hydrogen-bond donors (Lipinski definition) is 1. The zero-order valence-corrected chi connectivity index (χ0v) is 21.8.